The van der Waals surface area contributed by atoms with Gasteiger partial charge in [-0.25, -0.2) is 14.3 Å². The predicted molar refractivity (Wildman–Crippen MR) is 67.8 cm³/mol. The van der Waals surface area contributed by atoms with Gasteiger partial charge in [0.1, 0.15) is 5.82 Å². The average molecular weight is 329 g/mol. The van der Waals surface area contributed by atoms with Crippen molar-refractivity contribution < 1.29 is 0 Å². The van der Waals surface area contributed by atoms with Crippen molar-refractivity contribution in [3.05, 3.63) is 55.0 Å². The second-order valence-corrected chi connectivity index (χ2v) is 4.46. The van der Waals surface area contributed by atoms with Gasteiger partial charge in [-0.05, 0) is 34.7 Å². The lowest BCUT2D eigenvalue weighted by atomic mass is 10.4. The Hall–Kier alpha value is -1.44. The van der Waals surface area contributed by atoms with Gasteiger partial charge in [0.25, 0.3) is 5.56 Å². The Morgan fingerprint density at radius 3 is 2.62 bits per heavy atom. The number of aromatic nitrogens is 3. The highest BCUT2D eigenvalue weighted by molar-refractivity contribution is 14.1. The minimum Gasteiger partial charge on any atom is -0.303 e. The Balaban J connectivity index is 2.74. The van der Waals surface area contributed by atoms with Gasteiger partial charge >= 0.3 is 5.69 Å². The van der Waals surface area contributed by atoms with E-state index in [1.54, 1.807) is 25.4 Å². The average Bonchev–Trinajstić information content (AvgIpc) is 2.27. The standard InChI is InChI=1S/C10H8IN3O2/c1-13-5-4-9(15)14(10(13)16)8-3-2-7(11)6-12-8/h2-6H,1H3. The first-order chi connectivity index (χ1) is 7.59. The lowest BCUT2D eigenvalue weighted by Crippen LogP contribution is -2.37. The summed E-state index contributed by atoms with van der Waals surface area (Å²) >= 11 is 2.11. The highest BCUT2D eigenvalue weighted by atomic mass is 127. The molecule has 0 aromatic carbocycles. The molecule has 2 rings (SSSR count). The largest absolute Gasteiger partial charge is 0.336 e. The van der Waals surface area contributed by atoms with Crippen LogP contribution in [-0.4, -0.2) is 14.1 Å². The SMILES string of the molecule is Cn1ccc(=O)n(-c2ccc(I)cn2)c1=O. The van der Waals surface area contributed by atoms with Crippen LogP contribution in [-0.2, 0) is 7.05 Å². The van der Waals surface area contributed by atoms with Crippen LogP contribution in [0.5, 0.6) is 0 Å². The summed E-state index contributed by atoms with van der Waals surface area (Å²) in [6, 6.07) is 4.77. The molecule has 0 spiro atoms. The van der Waals surface area contributed by atoms with Crippen molar-refractivity contribution in [2.75, 3.05) is 0 Å². The van der Waals surface area contributed by atoms with E-state index in [1.807, 2.05) is 0 Å². The van der Waals surface area contributed by atoms with Gasteiger partial charge in [-0.1, -0.05) is 0 Å². The Bertz CT molecular complexity index is 628. The van der Waals surface area contributed by atoms with Crippen LogP contribution in [0.2, 0.25) is 0 Å². The Morgan fingerprint density at radius 1 is 1.25 bits per heavy atom. The number of rotatable bonds is 1. The quantitative estimate of drug-likeness (QED) is 0.718. The number of hydrogen-bond donors (Lipinski definition) is 0. The van der Waals surface area contributed by atoms with E-state index in [1.165, 1.54) is 16.8 Å². The third-order valence-corrected chi connectivity index (χ3v) is 2.73. The number of nitrogens with zero attached hydrogens (tertiary/aromatic N) is 3. The van der Waals surface area contributed by atoms with E-state index in [9.17, 15) is 9.59 Å². The van der Waals surface area contributed by atoms with E-state index >= 15 is 0 Å². The summed E-state index contributed by atoms with van der Waals surface area (Å²) < 4.78 is 3.32. The van der Waals surface area contributed by atoms with Crippen molar-refractivity contribution in [2.24, 2.45) is 7.05 Å². The normalized spacial score (nSPS) is 10.4. The van der Waals surface area contributed by atoms with Gasteiger partial charge in [0.05, 0.1) is 0 Å². The van der Waals surface area contributed by atoms with Crippen molar-refractivity contribution in [3.63, 3.8) is 0 Å². The predicted octanol–water partition coefficient (Wildman–Crippen LogP) is 0.536. The van der Waals surface area contributed by atoms with Gasteiger partial charge in [-0.15, -0.1) is 0 Å². The summed E-state index contributed by atoms with van der Waals surface area (Å²) in [6.45, 7) is 0. The molecule has 0 atom stereocenters. The smallest absolute Gasteiger partial charge is 0.303 e. The van der Waals surface area contributed by atoms with E-state index in [-0.39, 0.29) is 5.56 Å². The fraction of sp³-hybridized carbons (Fsp3) is 0.100. The Morgan fingerprint density at radius 2 is 2.00 bits per heavy atom. The molecule has 0 N–H and O–H groups in total. The van der Waals surface area contributed by atoms with Crippen molar-refractivity contribution in [3.8, 4) is 5.82 Å². The summed E-state index contributed by atoms with van der Waals surface area (Å²) in [5, 5.41) is 0. The molecule has 0 amide bonds. The molecule has 0 saturated carbocycles. The van der Waals surface area contributed by atoms with Crippen LogP contribution in [0.4, 0.5) is 0 Å². The molecule has 82 valence electrons. The molecule has 0 fully saturated rings. The summed E-state index contributed by atoms with van der Waals surface area (Å²) in [7, 11) is 1.59. The van der Waals surface area contributed by atoms with Gasteiger partial charge in [-0.3, -0.25) is 4.79 Å². The Labute approximate surface area is 105 Å². The zero-order valence-corrected chi connectivity index (χ0v) is 10.6. The fourth-order valence-corrected chi connectivity index (χ4v) is 1.60. The Kier molecular flexibility index (Phi) is 2.90. The van der Waals surface area contributed by atoms with Crippen LogP contribution in [0.25, 0.3) is 5.82 Å². The van der Waals surface area contributed by atoms with Crippen molar-refractivity contribution >= 4 is 22.6 Å². The summed E-state index contributed by atoms with van der Waals surface area (Å²) in [4.78, 5) is 27.4. The highest BCUT2D eigenvalue weighted by Crippen LogP contribution is 2.04. The summed E-state index contributed by atoms with van der Waals surface area (Å²) in [5.41, 5.74) is -0.780. The first-order valence-corrected chi connectivity index (χ1v) is 5.58. The lowest BCUT2D eigenvalue weighted by molar-refractivity contribution is 0.727. The molecule has 5 nitrogen and oxygen atoms in total. The minimum atomic E-state index is -0.402. The summed E-state index contributed by atoms with van der Waals surface area (Å²) in [6.07, 6.45) is 3.04. The van der Waals surface area contributed by atoms with E-state index < -0.39 is 5.69 Å². The number of pyridine rings is 1. The zero-order chi connectivity index (χ0) is 11.7. The molecule has 2 aromatic rings. The van der Waals surface area contributed by atoms with E-state index in [2.05, 4.69) is 27.6 Å². The zero-order valence-electron chi connectivity index (χ0n) is 8.42. The molecule has 2 heterocycles. The molecule has 16 heavy (non-hydrogen) atoms. The molecule has 0 aliphatic heterocycles. The second kappa shape index (κ2) is 4.20. The highest BCUT2D eigenvalue weighted by Gasteiger charge is 2.06. The molecule has 2 aromatic heterocycles. The van der Waals surface area contributed by atoms with Crippen LogP contribution in [0.15, 0.2) is 40.2 Å². The van der Waals surface area contributed by atoms with Gasteiger partial charge in [0.15, 0.2) is 0 Å². The maximum absolute atomic E-state index is 11.8. The topological polar surface area (TPSA) is 56.9 Å². The maximum atomic E-state index is 11.8. The number of halogens is 1. The molecular formula is C10H8IN3O2. The fourth-order valence-electron chi connectivity index (χ4n) is 1.28. The van der Waals surface area contributed by atoms with Gasteiger partial charge in [-0.2, -0.15) is 0 Å². The number of aryl methyl sites for hydroxylation is 1. The molecule has 0 aliphatic rings. The first-order valence-electron chi connectivity index (χ1n) is 4.50. The minimum absolute atomic E-state index is 0.339. The third kappa shape index (κ3) is 1.92. The first kappa shape index (κ1) is 11.1. The van der Waals surface area contributed by atoms with Gasteiger partial charge in [0, 0.05) is 29.1 Å². The molecular weight excluding hydrogens is 321 g/mol. The molecule has 0 bridgehead atoms. The lowest BCUT2D eigenvalue weighted by Gasteiger charge is -2.04. The monoisotopic (exact) mass is 329 g/mol. The van der Waals surface area contributed by atoms with E-state index in [0.717, 1.165) is 8.14 Å². The third-order valence-electron chi connectivity index (χ3n) is 2.09. The van der Waals surface area contributed by atoms with Crippen LogP contribution in [0, 0.1) is 3.57 Å². The van der Waals surface area contributed by atoms with Gasteiger partial charge < -0.3 is 4.57 Å². The van der Waals surface area contributed by atoms with Crippen LogP contribution >= 0.6 is 22.6 Å². The maximum Gasteiger partial charge on any atom is 0.336 e. The van der Waals surface area contributed by atoms with E-state index in [4.69, 9.17) is 0 Å². The van der Waals surface area contributed by atoms with Crippen LogP contribution in [0.1, 0.15) is 0 Å². The van der Waals surface area contributed by atoms with Crippen molar-refractivity contribution in [1.82, 2.24) is 14.1 Å². The molecule has 0 unspecified atom stereocenters. The molecule has 0 radical (unpaired) electrons. The molecule has 0 aliphatic carbocycles. The summed E-state index contributed by atoms with van der Waals surface area (Å²) in [5.74, 6) is 0.339. The van der Waals surface area contributed by atoms with Crippen molar-refractivity contribution in [1.29, 1.82) is 0 Å². The van der Waals surface area contributed by atoms with Crippen molar-refractivity contribution in [2.45, 2.75) is 0 Å². The van der Waals surface area contributed by atoms with E-state index in [0.29, 0.717) is 5.82 Å². The molecule has 0 saturated heterocycles. The second-order valence-electron chi connectivity index (χ2n) is 3.22. The number of hydrogen-bond acceptors (Lipinski definition) is 3. The van der Waals surface area contributed by atoms with Crippen LogP contribution in [0.3, 0.4) is 0 Å². The van der Waals surface area contributed by atoms with Gasteiger partial charge in [0.2, 0.25) is 0 Å². The van der Waals surface area contributed by atoms with Crippen LogP contribution < -0.4 is 11.2 Å². The molecule has 6 heteroatoms.